The highest BCUT2D eigenvalue weighted by Gasteiger charge is 2.10. The van der Waals surface area contributed by atoms with Gasteiger partial charge in [0.25, 0.3) is 0 Å². The van der Waals surface area contributed by atoms with E-state index in [4.69, 9.17) is 0 Å². The summed E-state index contributed by atoms with van der Waals surface area (Å²) in [4.78, 5) is 20.7. The summed E-state index contributed by atoms with van der Waals surface area (Å²) < 4.78 is 28.8. The molecule has 0 saturated carbocycles. The summed E-state index contributed by atoms with van der Waals surface area (Å²) in [5, 5.41) is 8.13. The number of amides is 1. The molecule has 0 aliphatic rings. The second-order valence-electron chi connectivity index (χ2n) is 5.62. The van der Waals surface area contributed by atoms with Crippen molar-refractivity contribution in [3.8, 4) is 5.75 Å². The number of halogens is 2. The van der Waals surface area contributed by atoms with Crippen LogP contribution in [0.3, 0.4) is 0 Å². The van der Waals surface area contributed by atoms with E-state index >= 15 is 0 Å². The number of hydrogen-bond donors (Lipinski definition) is 2. The van der Waals surface area contributed by atoms with Gasteiger partial charge in [-0.3, -0.25) is 4.79 Å². The summed E-state index contributed by atoms with van der Waals surface area (Å²) in [5.74, 6) is 0.347. The number of aryl methyl sites for hydroxylation is 1. The summed E-state index contributed by atoms with van der Waals surface area (Å²) in [7, 11) is 0. The molecule has 0 saturated heterocycles. The SMILES string of the molecule is Cc1ccnc(Nc2nc(CC(=O)Nc3cccc(OC(F)F)c3)cs2)c1. The van der Waals surface area contributed by atoms with Gasteiger partial charge in [0.05, 0.1) is 12.1 Å². The Bertz CT molecular complexity index is 933. The van der Waals surface area contributed by atoms with E-state index in [0.717, 1.165) is 5.56 Å². The zero-order valence-electron chi connectivity index (χ0n) is 14.3. The van der Waals surface area contributed by atoms with Crippen LogP contribution in [0.25, 0.3) is 0 Å². The Labute approximate surface area is 158 Å². The van der Waals surface area contributed by atoms with Crippen LogP contribution in [0.1, 0.15) is 11.3 Å². The van der Waals surface area contributed by atoms with Gasteiger partial charge < -0.3 is 15.4 Å². The average molecular weight is 390 g/mol. The molecule has 3 rings (SSSR count). The number of ether oxygens (including phenoxy) is 1. The van der Waals surface area contributed by atoms with Crippen LogP contribution in [-0.4, -0.2) is 22.5 Å². The number of carbonyl (C=O) groups is 1. The number of anilines is 3. The predicted molar refractivity (Wildman–Crippen MR) is 99.8 cm³/mol. The fourth-order valence-electron chi connectivity index (χ4n) is 2.28. The largest absolute Gasteiger partial charge is 0.435 e. The quantitative estimate of drug-likeness (QED) is 0.626. The Kier molecular flexibility index (Phi) is 5.92. The maximum absolute atomic E-state index is 12.3. The van der Waals surface area contributed by atoms with Crippen molar-refractivity contribution in [2.45, 2.75) is 20.0 Å². The molecule has 0 aliphatic heterocycles. The first-order chi connectivity index (χ1) is 13.0. The lowest BCUT2D eigenvalue weighted by molar-refractivity contribution is -0.115. The number of thiazole rings is 1. The highest BCUT2D eigenvalue weighted by Crippen LogP contribution is 2.22. The fourth-order valence-corrected chi connectivity index (χ4v) is 3.00. The van der Waals surface area contributed by atoms with Crippen molar-refractivity contribution < 1.29 is 18.3 Å². The van der Waals surface area contributed by atoms with Crippen LogP contribution in [0.5, 0.6) is 5.75 Å². The molecule has 2 heterocycles. The molecule has 0 bridgehead atoms. The van der Waals surface area contributed by atoms with Crippen molar-refractivity contribution in [3.05, 3.63) is 59.2 Å². The molecule has 6 nitrogen and oxygen atoms in total. The summed E-state index contributed by atoms with van der Waals surface area (Å²) in [6, 6.07) is 9.62. The third-order valence-electron chi connectivity index (χ3n) is 3.39. The molecule has 0 atom stereocenters. The molecule has 0 fully saturated rings. The second kappa shape index (κ2) is 8.54. The first-order valence-electron chi connectivity index (χ1n) is 7.97. The van der Waals surface area contributed by atoms with Crippen molar-refractivity contribution >= 4 is 33.9 Å². The number of pyridine rings is 1. The van der Waals surface area contributed by atoms with Gasteiger partial charge in [0, 0.05) is 23.3 Å². The topological polar surface area (TPSA) is 76.1 Å². The van der Waals surface area contributed by atoms with Gasteiger partial charge in [0.15, 0.2) is 5.13 Å². The lowest BCUT2D eigenvalue weighted by Crippen LogP contribution is -2.14. The Hall–Kier alpha value is -3.07. The highest BCUT2D eigenvalue weighted by atomic mass is 32.1. The maximum Gasteiger partial charge on any atom is 0.387 e. The van der Waals surface area contributed by atoms with Gasteiger partial charge >= 0.3 is 6.61 Å². The third kappa shape index (κ3) is 5.71. The summed E-state index contributed by atoms with van der Waals surface area (Å²) in [6.07, 6.45) is 1.75. The monoisotopic (exact) mass is 390 g/mol. The van der Waals surface area contributed by atoms with E-state index in [1.807, 2.05) is 19.1 Å². The number of nitrogens with one attached hydrogen (secondary N) is 2. The van der Waals surface area contributed by atoms with Crippen molar-refractivity contribution in [1.29, 1.82) is 0 Å². The van der Waals surface area contributed by atoms with E-state index in [0.29, 0.717) is 22.3 Å². The first-order valence-corrected chi connectivity index (χ1v) is 8.85. The Morgan fingerprint density at radius 1 is 1.30 bits per heavy atom. The minimum absolute atomic E-state index is 0.0198. The van der Waals surface area contributed by atoms with E-state index in [2.05, 4.69) is 25.3 Å². The molecule has 27 heavy (non-hydrogen) atoms. The molecule has 2 N–H and O–H groups in total. The Morgan fingerprint density at radius 3 is 2.93 bits per heavy atom. The van der Waals surface area contributed by atoms with Crippen LogP contribution in [0, 0.1) is 6.92 Å². The van der Waals surface area contributed by atoms with Crippen LogP contribution in [-0.2, 0) is 11.2 Å². The van der Waals surface area contributed by atoms with Crippen LogP contribution < -0.4 is 15.4 Å². The smallest absolute Gasteiger partial charge is 0.387 e. The van der Waals surface area contributed by atoms with E-state index in [9.17, 15) is 13.6 Å². The van der Waals surface area contributed by atoms with E-state index in [1.54, 1.807) is 17.6 Å². The number of carbonyl (C=O) groups excluding carboxylic acids is 1. The van der Waals surface area contributed by atoms with Crippen molar-refractivity contribution in [2.75, 3.05) is 10.6 Å². The average Bonchev–Trinajstić information content (AvgIpc) is 3.01. The van der Waals surface area contributed by atoms with Gasteiger partial charge in [-0.2, -0.15) is 8.78 Å². The molecule has 1 amide bonds. The third-order valence-corrected chi connectivity index (χ3v) is 4.19. The van der Waals surface area contributed by atoms with Gasteiger partial charge in [-0.1, -0.05) is 6.07 Å². The Morgan fingerprint density at radius 2 is 2.15 bits per heavy atom. The molecule has 0 spiro atoms. The molecule has 3 aromatic rings. The number of rotatable bonds is 7. The van der Waals surface area contributed by atoms with Crippen molar-refractivity contribution in [3.63, 3.8) is 0 Å². The molecule has 1 aromatic carbocycles. The molecule has 0 unspecified atom stereocenters. The molecule has 140 valence electrons. The number of benzene rings is 1. The minimum atomic E-state index is -2.92. The Balaban J connectivity index is 1.58. The molecule has 0 aliphatic carbocycles. The molecular formula is C18H16F2N4O2S. The zero-order valence-corrected chi connectivity index (χ0v) is 15.1. The van der Waals surface area contributed by atoms with E-state index in [-0.39, 0.29) is 18.1 Å². The lowest BCUT2D eigenvalue weighted by atomic mass is 10.2. The predicted octanol–water partition coefficient (Wildman–Crippen LogP) is 4.37. The van der Waals surface area contributed by atoms with Crippen molar-refractivity contribution in [2.24, 2.45) is 0 Å². The molecular weight excluding hydrogens is 374 g/mol. The van der Waals surface area contributed by atoms with Gasteiger partial charge in [-0.25, -0.2) is 9.97 Å². The molecule has 2 aromatic heterocycles. The molecule has 9 heteroatoms. The standard InChI is InChI=1S/C18H16F2N4O2S/c1-11-5-6-21-15(7-11)24-18-23-13(10-27-18)9-16(25)22-12-3-2-4-14(8-12)26-17(19)20/h2-8,10,17H,9H2,1H3,(H,22,25)(H,21,23,24). The van der Waals surface area contributed by atoms with Gasteiger partial charge in [0.1, 0.15) is 11.6 Å². The fraction of sp³-hybridized carbons (Fsp3) is 0.167. The number of nitrogens with zero attached hydrogens (tertiary/aromatic N) is 2. The zero-order chi connectivity index (χ0) is 19.2. The van der Waals surface area contributed by atoms with Crippen LogP contribution in [0.2, 0.25) is 0 Å². The van der Waals surface area contributed by atoms with Crippen LogP contribution in [0.4, 0.5) is 25.4 Å². The van der Waals surface area contributed by atoms with Gasteiger partial charge in [-0.05, 0) is 36.8 Å². The van der Waals surface area contributed by atoms with Gasteiger partial charge in [-0.15, -0.1) is 11.3 Å². The van der Waals surface area contributed by atoms with E-state index in [1.165, 1.54) is 29.5 Å². The highest BCUT2D eigenvalue weighted by molar-refractivity contribution is 7.13. The first kappa shape index (κ1) is 18.7. The number of alkyl halides is 2. The summed E-state index contributed by atoms with van der Waals surface area (Å²) in [6.45, 7) is -0.953. The van der Waals surface area contributed by atoms with Crippen LogP contribution >= 0.6 is 11.3 Å². The maximum atomic E-state index is 12.3. The summed E-state index contributed by atoms with van der Waals surface area (Å²) in [5.41, 5.74) is 2.03. The van der Waals surface area contributed by atoms with Gasteiger partial charge in [0.2, 0.25) is 5.91 Å². The summed E-state index contributed by atoms with van der Waals surface area (Å²) >= 11 is 1.36. The lowest BCUT2D eigenvalue weighted by Gasteiger charge is -2.08. The number of aromatic nitrogens is 2. The normalized spacial score (nSPS) is 10.7. The minimum Gasteiger partial charge on any atom is -0.435 e. The second-order valence-corrected chi connectivity index (χ2v) is 6.48. The van der Waals surface area contributed by atoms with Crippen molar-refractivity contribution in [1.82, 2.24) is 9.97 Å². The van der Waals surface area contributed by atoms with Crippen LogP contribution in [0.15, 0.2) is 48.0 Å². The number of hydrogen-bond acceptors (Lipinski definition) is 6. The van der Waals surface area contributed by atoms with E-state index < -0.39 is 6.61 Å². The molecule has 0 radical (unpaired) electrons.